The van der Waals surface area contributed by atoms with Crippen LogP contribution in [0.3, 0.4) is 0 Å². The van der Waals surface area contributed by atoms with E-state index >= 15 is 0 Å². The number of carbonyl (C=O) groups excluding carboxylic acids is 1. The van der Waals surface area contributed by atoms with Gasteiger partial charge in [-0.1, -0.05) is 18.2 Å². The molecular formula is C12H11F5O2. The van der Waals surface area contributed by atoms with Crippen LogP contribution in [0.2, 0.25) is 0 Å². The number of hydrogen-bond donors (Lipinski definition) is 0. The van der Waals surface area contributed by atoms with Crippen LogP contribution in [0.15, 0.2) is 24.3 Å². The summed E-state index contributed by atoms with van der Waals surface area (Å²) < 4.78 is 65.8. The molecule has 0 radical (unpaired) electrons. The number of ketones is 1. The Bertz CT molecular complexity index is 434. The van der Waals surface area contributed by atoms with E-state index in [9.17, 15) is 26.7 Å². The van der Waals surface area contributed by atoms with Gasteiger partial charge in [0.25, 0.3) is 0 Å². The van der Waals surface area contributed by atoms with E-state index in [2.05, 4.69) is 4.74 Å². The number of benzene rings is 1. The summed E-state index contributed by atoms with van der Waals surface area (Å²) in [6, 6.07) is 5.45. The van der Waals surface area contributed by atoms with E-state index in [4.69, 9.17) is 0 Å². The Hall–Kier alpha value is -1.50. The topological polar surface area (TPSA) is 26.3 Å². The average Bonchev–Trinajstić information content (AvgIpc) is 2.31. The van der Waals surface area contributed by atoms with Crippen molar-refractivity contribution >= 4 is 5.78 Å². The SMILES string of the molecule is O=C(COCC(F)(F)C(F)F)Cc1ccccc1F. The highest BCUT2D eigenvalue weighted by molar-refractivity contribution is 5.82. The number of carbonyl (C=O) groups is 1. The normalized spacial score (nSPS) is 11.9. The molecule has 0 amide bonds. The molecule has 0 aliphatic carbocycles. The largest absolute Gasteiger partial charge is 0.367 e. The van der Waals surface area contributed by atoms with Crippen LogP contribution in [-0.4, -0.2) is 31.3 Å². The highest BCUT2D eigenvalue weighted by Crippen LogP contribution is 2.22. The summed E-state index contributed by atoms with van der Waals surface area (Å²) in [5.74, 6) is -5.57. The van der Waals surface area contributed by atoms with Gasteiger partial charge < -0.3 is 4.74 Å². The molecule has 0 aliphatic heterocycles. The standard InChI is InChI=1S/C12H11F5O2/c13-10-4-2-1-3-8(10)5-9(18)6-19-7-12(16,17)11(14)15/h1-4,11H,5-7H2. The molecular weight excluding hydrogens is 271 g/mol. The Kier molecular flexibility index (Phi) is 5.41. The van der Waals surface area contributed by atoms with Crippen molar-refractivity contribution in [2.24, 2.45) is 0 Å². The summed E-state index contributed by atoms with van der Waals surface area (Å²) >= 11 is 0. The summed E-state index contributed by atoms with van der Waals surface area (Å²) in [4.78, 5) is 11.3. The summed E-state index contributed by atoms with van der Waals surface area (Å²) in [7, 11) is 0. The third-order valence-electron chi connectivity index (χ3n) is 2.22. The first-order valence-corrected chi connectivity index (χ1v) is 5.32. The lowest BCUT2D eigenvalue weighted by molar-refractivity contribution is -0.168. The van der Waals surface area contributed by atoms with Crippen LogP contribution in [0.5, 0.6) is 0 Å². The zero-order chi connectivity index (χ0) is 14.5. The summed E-state index contributed by atoms with van der Waals surface area (Å²) in [6.07, 6.45) is -4.19. The monoisotopic (exact) mass is 282 g/mol. The molecule has 0 N–H and O–H groups in total. The van der Waals surface area contributed by atoms with Gasteiger partial charge in [0.15, 0.2) is 5.78 Å². The third-order valence-corrected chi connectivity index (χ3v) is 2.22. The Balaban J connectivity index is 2.39. The van der Waals surface area contributed by atoms with E-state index in [1.165, 1.54) is 18.2 Å². The van der Waals surface area contributed by atoms with Crippen molar-refractivity contribution in [1.29, 1.82) is 0 Å². The van der Waals surface area contributed by atoms with Gasteiger partial charge in [0.2, 0.25) is 0 Å². The van der Waals surface area contributed by atoms with Crippen molar-refractivity contribution in [3.8, 4) is 0 Å². The zero-order valence-electron chi connectivity index (χ0n) is 9.71. The van der Waals surface area contributed by atoms with E-state index in [1.54, 1.807) is 0 Å². The second-order valence-corrected chi connectivity index (χ2v) is 3.86. The van der Waals surface area contributed by atoms with Gasteiger partial charge in [0.1, 0.15) is 19.0 Å². The van der Waals surface area contributed by atoms with Gasteiger partial charge in [-0.3, -0.25) is 4.79 Å². The first-order valence-electron chi connectivity index (χ1n) is 5.32. The number of alkyl halides is 4. The molecule has 0 heterocycles. The number of hydrogen-bond acceptors (Lipinski definition) is 2. The summed E-state index contributed by atoms with van der Waals surface area (Å²) in [6.45, 7) is -2.32. The van der Waals surface area contributed by atoms with Crippen LogP contribution in [-0.2, 0) is 16.0 Å². The number of ether oxygens (including phenoxy) is 1. The van der Waals surface area contributed by atoms with Gasteiger partial charge in [-0.25, -0.2) is 13.2 Å². The van der Waals surface area contributed by atoms with Crippen LogP contribution in [0.1, 0.15) is 5.56 Å². The van der Waals surface area contributed by atoms with Gasteiger partial charge in [-0.05, 0) is 11.6 Å². The molecule has 0 saturated heterocycles. The van der Waals surface area contributed by atoms with Crippen molar-refractivity contribution < 1.29 is 31.5 Å². The van der Waals surface area contributed by atoms with E-state index in [-0.39, 0.29) is 12.0 Å². The minimum absolute atomic E-state index is 0.0942. The predicted octanol–water partition coefficient (Wildman–Crippen LogP) is 2.85. The van der Waals surface area contributed by atoms with Crippen LogP contribution in [0, 0.1) is 5.82 Å². The van der Waals surface area contributed by atoms with Crippen molar-refractivity contribution in [3.63, 3.8) is 0 Å². The fraction of sp³-hybridized carbons (Fsp3) is 0.417. The fourth-order valence-corrected chi connectivity index (χ4v) is 1.27. The van der Waals surface area contributed by atoms with Gasteiger partial charge in [0.05, 0.1) is 0 Å². The Morgan fingerprint density at radius 2 is 1.89 bits per heavy atom. The molecule has 0 spiro atoms. The first-order chi connectivity index (χ1) is 8.83. The van der Waals surface area contributed by atoms with E-state index in [0.717, 1.165) is 6.07 Å². The minimum atomic E-state index is -4.29. The number of Topliss-reactive ketones (excluding diaryl/α,β-unsaturated/α-hetero) is 1. The van der Waals surface area contributed by atoms with Gasteiger partial charge in [0, 0.05) is 6.42 Å². The van der Waals surface area contributed by atoms with Gasteiger partial charge >= 0.3 is 12.3 Å². The molecule has 106 valence electrons. The lowest BCUT2D eigenvalue weighted by Crippen LogP contribution is -2.33. The molecule has 0 unspecified atom stereocenters. The Morgan fingerprint density at radius 1 is 1.26 bits per heavy atom. The molecule has 2 nitrogen and oxygen atoms in total. The Morgan fingerprint density at radius 3 is 2.47 bits per heavy atom. The molecule has 1 aromatic rings. The van der Waals surface area contributed by atoms with E-state index in [0.29, 0.717) is 0 Å². The van der Waals surface area contributed by atoms with Gasteiger partial charge in [-0.15, -0.1) is 0 Å². The summed E-state index contributed by atoms with van der Waals surface area (Å²) in [5.41, 5.74) is 0.0942. The maximum absolute atomic E-state index is 13.2. The van der Waals surface area contributed by atoms with E-state index in [1.807, 2.05) is 0 Å². The summed E-state index contributed by atoms with van der Waals surface area (Å²) in [5, 5.41) is 0. The van der Waals surface area contributed by atoms with Crippen LogP contribution < -0.4 is 0 Å². The molecule has 0 aliphatic rings. The third kappa shape index (κ3) is 4.94. The molecule has 7 heteroatoms. The van der Waals surface area contributed by atoms with Crippen LogP contribution in [0.4, 0.5) is 22.0 Å². The highest BCUT2D eigenvalue weighted by atomic mass is 19.3. The highest BCUT2D eigenvalue weighted by Gasteiger charge is 2.41. The number of halogens is 5. The van der Waals surface area contributed by atoms with Crippen molar-refractivity contribution in [3.05, 3.63) is 35.6 Å². The molecule has 0 aromatic heterocycles. The molecule has 0 bridgehead atoms. The predicted molar refractivity (Wildman–Crippen MR) is 56.9 cm³/mol. The molecule has 1 rings (SSSR count). The average molecular weight is 282 g/mol. The maximum Gasteiger partial charge on any atom is 0.330 e. The van der Waals surface area contributed by atoms with Gasteiger partial charge in [-0.2, -0.15) is 8.78 Å². The Labute approximate surface area is 106 Å². The lowest BCUT2D eigenvalue weighted by Gasteiger charge is -2.14. The zero-order valence-corrected chi connectivity index (χ0v) is 9.71. The smallest absolute Gasteiger partial charge is 0.330 e. The second kappa shape index (κ2) is 6.60. The fourth-order valence-electron chi connectivity index (χ4n) is 1.27. The number of rotatable bonds is 7. The van der Waals surface area contributed by atoms with Crippen molar-refractivity contribution in [1.82, 2.24) is 0 Å². The molecule has 19 heavy (non-hydrogen) atoms. The van der Waals surface area contributed by atoms with E-state index < -0.39 is 37.2 Å². The maximum atomic E-state index is 13.2. The van der Waals surface area contributed by atoms with Crippen LogP contribution >= 0.6 is 0 Å². The molecule has 0 atom stereocenters. The van der Waals surface area contributed by atoms with Crippen LogP contribution in [0.25, 0.3) is 0 Å². The molecule has 1 aromatic carbocycles. The quantitative estimate of drug-likeness (QED) is 0.719. The first kappa shape index (κ1) is 15.6. The minimum Gasteiger partial charge on any atom is -0.367 e. The van der Waals surface area contributed by atoms with Crippen molar-refractivity contribution in [2.75, 3.05) is 13.2 Å². The molecule has 0 fully saturated rings. The second-order valence-electron chi connectivity index (χ2n) is 3.86. The molecule has 0 saturated carbocycles. The lowest BCUT2D eigenvalue weighted by atomic mass is 10.1. The van der Waals surface area contributed by atoms with Crippen molar-refractivity contribution in [2.45, 2.75) is 18.8 Å².